The number of aliphatic carboxylic acids is 1. The van der Waals surface area contributed by atoms with E-state index in [0.717, 1.165) is 0 Å². The largest absolute Gasteiger partial charge is 0.480 e. The molecular weight excluding hydrogens is 453 g/mol. The maximum Gasteiger partial charge on any atom is 0.323 e. The normalized spacial score (nSPS) is 15.8. The number of nitrogens with one attached hydrogen (secondary N) is 2. The lowest BCUT2D eigenvalue weighted by Crippen LogP contribution is -2.49. The van der Waals surface area contributed by atoms with Crippen LogP contribution in [-0.2, 0) is 30.2 Å². The fourth-order valence-corrected chi connectivity index (χ4v) is 5.29. The highest BCUT2D eigenvalue weighted by Gasteiger charge is 2.38. The van der Waals surface area contributed by atoms with E-state index < -0.39 is 37.1 Å². The number of ether oxygens (including phenoxy) is 2. The number of rotatable bonds is 12. The number of nitrogens with two attached hydrogens (primary N) is 1. The molecule has 3 unspecified atom stereocenters. The summed E-state index contributed by atoms with van der Waals surface area (Å²) in [6, 6.07) is -0.966. The molecule has 0 radical (unpaired) electrons. The second-order valence-corrected chi connectivity index (χ2v) is 10.8. The van der Waals surface area contributed by atoms with Gasteiger partial charge in [-0.1, -0.05) is 0 Å². The fourth-order valence-electron chi connectivity index (χ4n) is 2.90. The Hall–Kier alpha value is -2.60. The molecule has 2 rings (SSSR count). The van der Waals surface area contributed by atoms with E-state index in [1.807, 2.05) is 0 Å². The number of imidazole rings is 1. The first kappa shape index (κ1) is 26.7. The molecule has 0 aliphatic heterocycles. The molecule has 0 amide bonds. The second kappa shape index (κ2) is 10.6. The molecule has 2 heterocycles. The van der Waals surface area contributed by atoms with Crippen LogP contribution in [0.25, 0.3) is 11.2 Å². The van der Waals surface area contributed by atoms with Gasteiger partial charge in [0.2, 0.25) is 7.44 Å². The van der Waals surface area contributed by atoms with Crippen molar-refractivity contribution in [2.45, 2.75) is 71.9 Å². The second-order valence-electron chi connectivity index (χ2n) is 8.55. The molecule has 0 bridgehead atoms. The molecule has 0 aromatic carbocycles. The maximum absolute atomic E-state index is 13.6. The van der Waals surface area contributed by atoms with Crippen LogP contribution in [0, 0.1) is 0 Å². The minimum Gasteiger partial charge on any atom is -0.480 e. The summed E-state index contributed by atoms with van der Waals surface area (Å²) in [5, 5.41) is 14.8. The third-order valence-electron chi connectivity index (χ3n) is 4.53. The summed E-state index contributed by atoms with van der Waals surface area (Å²) in [5.41, 5.74) is 5.23. The van der Waals surface area contributed by atoms with Gasteiger partial charge in [0.1, 0.15) is 29.8 Å². The van der Waals surface area contributed by atoms with Gasteiger partial charge in [-0.15, -0.1) is 0 Å². The molecular formula is C19H32N7O6P. The molecule has 184 valence electrons. The minimum atomic E-state index is -3.72. The molecule has 13 nitrogen and oxygen atoms in total. The molecule has 2 aromatic rings. The molecule has 0 spiro atoms. The number of aromatic nitrogens is 4. The third-order valence-corrected chi connectivity index (χ3v) is 6.76. The van der Waals surface area contributed by atoms with E-state index in [2.05, 4.69) is 25.1 Å². The van der Waals surface area contributed by atoms with Crippen molar-refractivity contribution >= 4 is 36.4 Å². The first-order valence-electron chi connectivity index (χ1n) is 10.4. The number of carboxylic acid groups (broad SMARTS) is 1. The van der Waals surface area contributed by atoms with E-state index in [9.17, 15) is 19.3 Å². The first-order chi connectivity index (χ1) is 15.2. The van der Waals surface area contributed by atoms with Crippen LogP contribution in [0.2, 0.25) is 0 Å². The average Bonchev–Trinajstić information content (AvgIpc) is 3.09. The summed E-state index contributed by atoms with van der Waals surface area (Å²) in [5.74, 6) is -1.57. The lowest BCUT2D eigenvalue weighted by Gasteiger charge is -2.31. The predicted molar refractivity (Wildman–Crippen MR) is 121 cm³/mol. The van der Waals surface area contributed by atoms with Crippen molar-refractivity contribution in [2.24, 2.45) is 0 Å². The summed E-state index contributed by atoms with van der Waals surface area (Å²) >= 11 is 0. The van der Waals surface area contributed by atoms with Crippen molar-refractivity contribution in [1.29, 1.82) is 0 Å². The Labute approximate surface area is 191 Å². The summed E-state index contributed by atoms with van der Waals surface area (Å²) in [4.78, 5) is 36.1. The molecule has 0 saturated carbocycles. The van der Waals surface area contributed by atoms with Gasteiger partial charge < -0.3 is 24.9 Å². The molecule has 5 N–H and O–H groups in total. The number of hydrogen-bond donors (Lipinski definition) is 4. The predicted octanol–water partition coefficient (Wildman–Crippen LogP) is 1.35. The summed E-state index contributed by atoms with van der Waals surface area (Å²) in [6.45, 7) is 9.66. The van der Waals surface area contributed by atoms with Crippen LogP contribution in [0.15, 0.2) is 12.7 Å². The standard InChI is InChI=1S/C19H32N7O6P/c1-11(2)32-17(27)13(4)24-33(30,25-19(5,6)18(28)29)10-31-12(3)7-26-9-23-14-15(20)21-8-22-16(14)26/h8-9,11-13H,7,10H2,1-6H3,(H,28,29)(H2,20,21,22)(H2,24,25,30). The smallest absolute Gasteiger partial charge is 0.323 e. The van der Waals surface area contributed by atoms with Crippen molar-refractivity contribution in [2.75, 3.05) is 12.1 Å². The number of carbonyl (C=O) groups excluding carboxylic acids is 1. The lowest BCUT2D eigenvalue weighted by molar-refractivity contribution is -0.149. The Balaban J connectivity index is 2.14. The molecule has 33 heavy (non-hydrogen) atoms. The van der Waals surface area contributed by atoms with E-state index in [1.54, 1.807) is 31.7 Å². The fraction of sp³-hybridized carbons (Fsp3) is 0.632. The molecule has 0 aliphatic rings. The monoisotopic (exact) mass is 485 g/mol. The van der Waals surface area contributed by atoms with Gasteiger partial charge in [0.05, 0.1) is 25.1 Å². The van der Waals surface area contributed by atoms with Crippen LogP contribution in [0.1, 0.15) is 41.5 Å². The van der Waals surface area contributed by atoms with E-state index >= 15 is 0 Å². The van der Waals surface area contributed by atoms with E-state index in [4.69, 9.17) is 15.2 Å². The highest BCUT2D eigenvalue weighted by molar-refractivity contribution is 7.59. The summed E-state index contributed by atoms with van der Waals surface area (Å²) in [6.07, 6.45) is 1.66. The molecule has 3 atom stereocenters. The Morgan fingerprint density at radius 3 is 2.52 bits per heavy atom. The third kappa shape index (κ3) is 7.19. The van der Waals surface area contributed by atoms with Crippen molar-refractivity contribution in [3.63, 3.8) is 0 Å². The molecule has 14 heteroatoms. The number of fused-ring (bicyclic) bond motifs is 1. The van der Waals surface area contributed by atoms with Crippen LogP contribution < -0.4 is 15.9 Å². The van der Waals surface area contributed by atoms with Gasteiger partial charge in [-0.05, 0) is 41.5 Å². The zero-order chi connectivity index (χ0) is 25.0. The number of nitrogen functional groups attached to an aromatic ring is 1. The highest BCUT2D eigenvalue weighted by Crippen LogP contribution is 2.40. The van der Waals surface area contributed by atoms with Gasteiger partial charge in [0, 0.05) is 0 Å². The Morgan fingerprint density at radius 2 is 1.91 bits per heavy atom. The first-order valence-corrected chi connectivity index (χ1v) is 12.3. The topological polar surface area (TPSA) is 184 Å². The highest BCUT2D eigenvalue weighted by atomic mass is 31.2. The van der Waals surface area contributed by atoms with Crippen LogP contribution in [0.5, 0.6) is 0 Å². The van der Waals surface area contributed by atoms with Crippen LogP contribution in [0.4, 0.5) is 5.82 Å². The van der Waals surface area contributed by atoms with Crippen molar-refractivity contribution in [3.8, 4) is 0 Å². The van der Waals surface area contributed by atoms with Gasteiger partial charge in [0.15, 0.2) is 11.5 Å². The average molecular weight is 485 g/mol. The number of carboxylic acids is 1. The molecule has 2 aromatic heterocycles. The molecule has 0 saturated heterocycles. The Kier molecular flexibility index (Phi) is 8.52. The van der Waals surface area contributed by atoms with Gasteiger partial charge in [-0.25, -0.2) is 25.1 Å². The van der Waals surface area contributed by atoms with Gasteiger partial charge in [-0.2, -0.15) is 0 Å². The number of nitrogens with zero attached hydrogens (tertiary/aromatic N) is 4. The molecule has 0 fully saturated rings. The molecule has 0 aliphatic carbocycles. The quantitative estimate of drug-likeness (QED) is 0.250. The number of carbonyl (C=O) groups is 2. The zero-order valence-corrected chi connectivity index (χ0v) is 20.5. The summed E-state index contributed by atoms with van der Waals surface area (Å²) < 4.78 is 26.3. The SMILES string of the molecule is CC(C)OC(=O)C(C)NP(=O)(COC(C)Cn1cnc2c(N)ncnc21)NC(C)(C)C(=O)O. The van der Waals surface area contributed by atoms with Crippen LogP contribution in [-0.4, -0.2) is 66.7 Å². The van der Waals surface area contributed by atoms with Gasteiger partial charge in [0.25, 0.3) is 0 Å². The van der Waals surface area contributed by atoms with E-state index in [-0.39, 0.29) is 18.3 Å². The van der Waals surface area contributed by atoms with Crippen LogP contribution >= 0.6 is 7.44 Å². The number of esters is 1. The number of anilines is 1. The van der Waals surface area contributed by atoms with E-state index in [1.165, 1.54) is 27.1 Å². The van der Waals surface area contributed by atoms with E-state index in [0.29, 0.717) is 17.7 Å². The minimum absolute atomic E-state index is 0.253. The van der Waals surface area contributed by atoms with Crippen LogP contribution in [0.3, 0.4) is 0 Å². The lowest BCUT2D eigenvalue weighted by atomic mass is 10.1. The zero-order valence-electron chi connectivity index (χ0n) is 19.6. The summed E-state index contributed by atoms with van der Waals surface area (Å²) in [7, 11) is -3.72. The Bertz CT molecular complexity index is 1040. The van der Waals surface area contributed by atoms with Gasteiger partial charge in [-0.3, -0.25) is 14.2 Å². The maximum atomic E-state index is 13.6. The number of hydrogen-bond acceptors (Lipinski definition) is 9. The van der Waals surface area contributed by atoms with Crippen molar-refractivity contribution < 1.29 is 28.7 Å². The Morgan fingerprint density at radius 1 is 1.24 bits per heavy atom. The van der Waals surface area contributed by atoms with Crippen molar-refractivity contribution in [3.05, 3.63) is 12.7 Å². The van der Waals surface area contributed by atoms with Gasteiger partial charge >= 0.3 is 11.9 Å². The van der Waals surface area contributed by atoms with Crippen molar-refractivity contribution in [1.82, 2.24) is 29.7 Å².